The summed E-state index contributed by atoms with van der Waals surface area (Å²) in [5.74, 6) is 0.492. The van der Waals surface area contributed by atoms with E-state index in [4.69, 9.17) is 9.15 Å². The van der Waals surface area contributed by atoms with Gasteiger partial charge in [0, 0.05) is 60.3 Å². The average molecular weight is 572 g/mol. The predicted molar refractivity (Wildman–Crippen MR) is 161 cm³/mol. The average Bonchev–Trinajstić information content (AvgIpc) is 3.45. The number of hydrogen-bond donors (Lipinski definition) is 3. The number of amides is 3. The van der Waals surface area contributed by atoms with E-state index in [0.717, 1.165) is 23.1 Å². The molecule has 0 saturated carbocycles. The zero-order valence-electron chi connectivity index (χ0n) is 24.1. The fraction of sp³-hybridized carbons (Fsp3) is 0.344. The van der Waals surface area contributed by atoms with Crippen LogP contribution in [0, 0.1) is 5.92 Å². The molecule has 2 aromatic carbocycles. The van der Waals surface area contributed by atoms with Gasteiger partial charge in [-0.3, -0.25) is 14.7 Å². The van der Waals surface area contributed by atoms with Crippen LogP contribution in [0.5, 0.6) is 5.75 Å². The molecule has 42 heavy (non-hydrogen) atoms. The second kappa shape index (κ2) is 13.1. The molecule has 1 unspecified atom stereocenters. The lowest BCUT2D eigenvalue weighted by Crippen LogP contribution is -2.47. The number of carbonyl (C=O) groups excluding carboxylic acids is 2. The minimum atomic E-state index is -0.409. The second-order valence-corrected chi connectivity index (χ2v) is 11.0. The van der Waals surface area contributed by atoms with Crippen LogP contribution in [0.25, 0.3) is 11.0 Å². The third-order valence-corrected chi connectivity index (χ3v) is 7.58. The number of nitrogens with zero attached hydrogens (tertiary/aromatic N) is 3. The summed E-state index contributed by atoms with van der Waals surface area (Å²) in [6.07, 6.45) is 5.02. The summed E-state index contributed by atoms with van der Waals surface area (Å²) in [6.45, 7) is 5.59. The zero-order chi connectivity index (χ0) is 29.6. The SMILES string of the molecule is CC(CO)N1C[C@@H](C)[C@H](CN(C)Cc2ccncc2)Oc2ccc(NC(=O)Nc3ccc4occc4c3)cc2CC1=O. The highest BCUT2D eigenvalue weighted by atomic mass is 16.5. The fourth-order valence-electron chi connectivity index (χ4n) is 5.23. The molecule has 3 amide bonds. The molecule has 3 N–H and O–H groups in total. The first-order chi connectivity index (χ1) is 20.3. The topological polar surface area (TPSA) is 120 Å². The van der Waals surface area contributed by atoms with Crippen LogP contribution >= 0.6 is 0 Å². The van der Waals surface area contributed by atoms with E-state index in [1.807, 2.05) is 44.3 Å². The first-order valence-electron chi connectivity index (χ1n) is 14.1. The molecule has 10 heteroatoms. The van der Waals surface area contributed by atoms with E-state index in [1.165, 1.54) is 0 Å². The number of anilines is 2. The van der Waals surface area contributed by atoms with E-state index in [1.54, 1.807) is 47.8 Å². The molecule has 0 bridgehead atoms. The molecule has 4 aromatic rings. The van der Waals surface area contributed by atoms with Gasteiger partial charge in [0.1, 0.15) is 17.4 Å². The van der Waals surface area contributed by atoms with Gasteiger partial charge in [-0.25, -0.2) is 4.79 Å². The highest BCUT2D eigenvalue weighted by Crippen LogP contribution is 2.29. The van der Waals surface area contributed by atoms with Crippen molar-refractivity contribution in [2.24, 2.45) is 5.92 Å². The van der Waals surface area contributed by atoms with E-state index >= 15 is 0 Å². The lowest BCUT2D eigenvalue weighted by Gasteiger charge is -2.34. The molecular formula is C32H37N5O5. The van der Waals surface area contributed by atoms with E-state index in [2.05, 4.69) is 27.4 Å². The Labute approximate surface area is 245 Å². The molecule has 10 nitrogen and oxygen atoms in total. The Morgan fingerprint density at radius 2 is 1.86 bits per heavy atom. The third kappa shape index (κ3) is 7.07. The van der Waals surface area contributed by atoms with Crippen LogP contribution in [-0.4, -0.2) is 70.7 Å². The Kier molecular flexibility index (Phi) is 9.04. The summed E-state index contributed by atoms with van der Waals surface area (Å²) >= 11 is 0. The van der Waals surface area contributed by atoms with Gasteiger partial charge in [0.05, 0.1) is 25.3 Å². The summed E-state index contributed by atoms with van der Waals surface area (Å²) in [6, 6.07) is 15.8. The van der Waals surface area contributed by atoms with Crippen LogP contribution < -0.4 is 15.4 Å². The molecule has 0 saturated heterocycles. The largest absolute Gasteiger partial charge is 0.488 e. The Balaban J connectivity index is 1.35. The van der Waals surface area contributed by atoms with Crippen molar-refractivity contribution in [2.45, 2.75) is 39.0 Å². The molecule has 0 fully saturated rings. The lowest BCUT2D eigenvalue weighted by molar-refractivity contribution is -0.134. The van der Waals surface area contributed by atoms with Gasteiger partial charge < -0.3 is 29.8 Å². The molecule has 0 spiro atoms. The number of benzene rings is 2. The number of urea groups is 1. The van der Waals surface area contributed by atoms with Crippen molar-refractivity contribution in [3.05, 3.63) is 84.4 Å². The first-order valence-corrected chi connectivity index (χ1v) is 14.1. The number of nitrogens with one attached hydrogen (secondary N) is 2. The quantitative estimate of drug-likeness (QED) is 0.279. The number of likely N-dealkylation sites (N-methyl/N-ethyl adjacent to an activating group) is 1. The Morgan fingerprint density at radius 1 is 1.12 bits per heavy atom. The Bertz CT molecular complexity index is 1520. The number of aliphatic hydroxyl groups excluding tert-OH is 1. The van der Waals surface area contributed by atoms with E-state index < -0.39 is 6.03 Å². The summed E-state index contributed by atoms with van der Waals surface area (Å²) in [5.41, 5.74) is 3.72. The van der Waals surface area contributed by atoms with Crippen molar-refractivity contribution in [1.29, 1.82) is 0 Å². The number of ether oxygens (including phenoxy) is 1. The number of carbonyl (C=O) groups is 2. The van der Waals surface area contributed by atoms with Crippen LogP contribution in [0.15, 0.2) is 77.7 Å². The molecule has 0 radical (unpaired) electrons. The van der Waals surface area contributed by atoms with Gasteiger partial charge in [0.2, 0.25) is 5.91 Å². The number of fused-ring (bicyclic) bond motifs is 2. The molecule has 3 atom stereocenters. The van der Waals surface area contributed by atoms with Crippen molar-refractivity contribution < 1.29 is 23.8 Å². The maximum absolute atomic E-state index is 13.5. The highest BCUT2D eigenvalue weighted by molar-refractivity contribution is 6.01. The van der Waals surface area contributed by atoms with E-state index in [9.17, 15) is 14.7 Å². The number of aliphatic hydroxyl groups is 1. The van der Waals surface area contributed by atoms with Crippen molar-refractivity contribution >= 4 is 34.3 Å². The summed E-state index contributed by atoms with van der Waals surface area (Å²) in [7, 11) is 2.04. The van der Waals surface area contributed by atoms with Crippen molar-refractivity contribution in [3.8, 4) is 5.75 Å². The summed E-state index contributed by atoms with van der Waals surface area (Å²) in [5, 5.41) is 16.5. The molecule has 5 rings (SSSR count). The van der Waals surface area contributed by atoms with Crippen LogP contribution in [0.4, 0.5) is 16.2 Å². The molecule has 220 valence electrons. The van der Waals surface area contributed by atoms with Crippen molar-refractivity contribution in [1.82, 2.24) is 14.8 Å². The van der Waals surface area contributed by atoms with Gasteiger partial charge in [0.25, 0.3) is 0 Å². The second-order valence-electron chi connectivity index (χ2n) is 11.0. The highest BCUT2D eigenvalue weighted by Gasteiger charge is 2.31. The molecule has 3 heterocycles. The minimum absolute atomic E-state index is 0.00932. The van der Waals surface area contributed by atoms with Crippen LogP contribution in [0.1, 0.15) is 25.0 Å². The van der Waals surface area contributed by atoms with Crippen LogP contribution in [-0.2, 0) is 17.8 Å². The number of hydrogen-bond acceptors (Lipinski definition) is 7. The standard InChI is InChI=1S/C32H37N5O5/c1-21-17-37(22(2)20-38)31(39)16-25-15-27(35-32(40)34-26-4-6-28-24(14-26)10-13-41-28)5-7-29(25)42-30(21)19-36(3)18-23-8-11-33-12-9-23/h4-15,21-22,30,38H,16-20H2,1-3H3,(H2,34,35,40)/t21-,22?,30+/m1/s1. The normalized spacial score (nSPS) is 18.0. The van der Waals surface area contributed by atoms with Gasteiger partial charge in [-0.1, -0.05) is 6.92 Å². The number of rotatable bonds is 8. The van der Waals surface area contributed by atoms with Gasteiger partial charge in [0.15, 0.2) is 0 Å². The number of furan rings is 1. The van der Waals surface area contributed by atoms with E-state index in [0.29, 0.717) is 35.8 Å². The number of aromatic nitrogens is 1. The summed E-state index contributed by atoms with van der Waals surface area (Å²) < 4.78 is 12.0. The maximum Gasteiger partial charge on any atom is 0.323 e. The van der Waals surface area contributed by atoms with Crippen LogP contribution in [0.3, 0.4) is 0 Å². The van der Waals surface area contributed by atoms with Crippen molar-refractivity contribution in [2.75, 3.05) is 37.4 Å². The lowest BCUT2D eigenvalue weighted by atomic mass is 10.0. The predicted octanol–water partition coefficient (Wildman–Crippen LogP) is 4.75. The Hall–Kier alpha value is -4.41. The first kappa shape index (κ1) is 29.1. The summed E-state index contributed by atoms with van der Waals surface area (Å²) in [4.78, 5) is 34.3. The maximum atomic E-state index is 13.5. The molecule has 1 aliphatic rings. The van der Waals surface area contributed by atoms with Gasteiger partial charge in [-0.2, -0.15) is 0 Å². The fourth-order valence-corrected chi connectivity index (χ4v) is 5.23. The molecule has 2 aromatic heterocycles. The van der Waals surface area contributed by atoms with Crippen LogP contribution in [0.2, 0.25) is 0 Å². The monoisotopic (exact) mass is 571 g/mol. The Morgan fingerprint density at radius 3 is 2.62 bits per heavy atom. The minimum Gasteiger partial charge on any atom is -0.488 e. The molecular weight excluding hydrogens is 534 g/mol. The third-order valence-electron chi connectivity index (χ3n) is 7.58. The van der Waals surface area contributed by atoms with E-state index in [-0.39, 0.29) is 37.0 Å². The van der Waals surface area contributed by atoms with Gasteiger partial charge >= 0.3 is 6.03 Å². The zero-order valence-corrected chi connectivity index (χ0v) is 24.1. The van der Waals surface area contributed by atoms with Crippen molar-refractivity contribution in [3.63, 3.8) is 0 Å². The van der Waals surface area contributed by atoms with Gasteiger partial charge in [-0.05, 0) is 74.1 Å². The smallest absolute Gasteiger partial charge is 0.323 e. The van der Waals surface area contributed by atoms with Gasteiger partial charge in [-0.15, -0.1) is 0 Å². The molecule has 0 aliphatic carbocycles. The number of pyridine rings is 1. The molecule has 1 aliphatic heterocycles.